The van der Waals surface area contributed by atoms with Gasteiger partial charge in [0.15, 0.2) is 0 Å². The molecule has 50 heavy (non-hydrogen) atoms. The van der Waals surface area contributed by atoms with Crippen molar-refractivity contribution in [3.63, 3.8) is 0 Å². The SMILES string of the molecule is CCn1c(C)c(C(=O)O)c(-c2cccc(N3CCN(c4ccc(NS(=O)(=O)c5ccc(F)c([N+](=O)[O-])c5)cc4)CC3)c2)c1-c1ccc(Cl)cc1. The first kappa shape index (κ1) is 34.5. The maximum absolute atomic E-state index is 13.7. The topological polar surface area (TPSA) is 138 Å². The molecule has 1 fully saturated rings. The fourth-order valence-corrected chi connectivity index (χ4v) is 7.62. The second kappa shape index (κ2) is 13.8. The number of aromatic nitrogens is 1. The van der Waals surface area contributed by atoms with Gasteiger partial charge in [0.25, 0.3) is 10.0 Å². The molecule has 0 radical (unpaired) electrons. The average Bonchev–Trinajstić information content (AvgIpc) is 3.41. The Morgan fingerprint density at radius 3 is 2.16 bits per heavy atom. The highest BCUT2D eigenvalue weighted by atomic mass is 35.5. The van der Waals surface area contributed by atoms with E-state index < -0.39 is 37.3 Å². The smallest absolute Gasteiger partial charge is 0.338 e. The van der Waals surface area contributed by atoms with Gasteiger partial charge in [-0.2, -0.15) is 4.39 Å². The monoisotopic (exact) mass is 717 g/mol. The summed E-state index contributed by atoms with van der Waals surface area (Å²) in [4.78, 5) is 26.7. The summed E-state index contributed by atoms with van der Waals surface area (Å²) in [6.07, 6.45) is 0. The van der Waals surface area contributed by atoms with E-state index in [-0.39, 0.29) is 11.3 Å². The van der Waals surface area contributed by atoms with Crippen molar-refractivity contribution in [1.82, 2.24) is 4.57 Å². The Morgan fingerprint density at radius 2 is 1.56 bits per heavy atom. The van der Waals surface area contributed by atoms with E-state index in [4.69, 9.17) is 11.6 Å². The van der Waals surface area contributed by atoms with E-state index in [0.29, 0.717) is 55.1 Å². The highest BCUT2D eigenvalue weighted by Gasteiger charge is 2.27. The number of halogens is 2. The number of piperazine rings is 1. The lowest BCUT2D eigenvalue weighted by Crippen LogP contribution is -2.46. The van der Waals surface area contributed by atoms with E-state index in [9.17, 15) is 32.8 Å². The summed E-state index contributed by atoms with van der Waals surface area (Å²) in [5.41, 5.74) is 5.28. The number of hydrogen-bond acceptors (Lipinski definition) is 7. The number of rotatable bonds is 10. The van der Waals surface area contributed by atoms with Crippen LogP contribution >= 0.6 is 11.6 Å². The average molecular weight is 718 g/mol. The second-order valence-electron chi connectivity index (χ2n) is 11.8. The Bertz CT molecular complexity index is 2200. The van der Waals surface area contributed by atoms with Gasteiger partial charge in [0.1, 0.15) is 0 Å². The zero-order valence-corrected chi connectivity index (χ0v) is 28.7. The van der Waals surface area contributed by atoms with Gasteiger partial charge in [0, 0.05) is 72.1 Å². The van der Waals surface area contributed by atoms with E-state index in [1.807, 2.05) is 54.8 Å². The maximum Gasteiger partial charge on any atom is 0.338 e. The number of sulfonamides is 1. The number of carboxylic acids is 1. The van der Waals surface area contributed by atoms with Crippen molar-refractivity contribution >= 4 is 50.3 Å². The molecule has 11 nitrogen and oxygen atoms in total. The van der Waals surface area contributed by atoms with Crippen molar-refractivity contribution in [3.05, 3.63) is 123 Å². The molecule has 6 rings (SSSR count). The molecule has 4 aromatic carbocycles. The van der Waals surface area contributed by atoms with E-state index >= 15 is 0 Å². The van der Waals surface area contributed by atoms with Crippen LogP contribution in [0.5, 0.6) is 0 Å². The summed E-state index contributed by atoms with van der Waals surface area (Å²) in [7, 11) is -4.20. The number of carbonyl (C=O) groups is 1. The molecule has 1 saturated heterocycles. The molecule has 1 aromatic heterocycles. The van der Waals surface area contributed by atoms with Gasteiger partial charge in [0.05, 0.1) is 21.1 Å². The molecule has 0 unspecified atom stereocenters. The summed E-state index contributed by atoms with van der Waals surface area (Å²) in [5.74, 6) is -2.11. The van der Waals surface area contributed by atoms with Gasteiger partial charge >= 0.3 is 11.7 Å². The fourth-order valence-electron chi connectivity index (χ4n) is 6.42. The summed E-state index contributed by atoms with van der Waals surface area (Å²) in [6.45, 7) is 7.15. The molecular formula is C36H33ClFN5O6S. The van der Waals surface area contributed by atoms with Crippen LogP contribution < -0.4 is 14.5 Å². The van der Waals surface area contributed by atoms with Crippen LogP contribution in [-0.2, 0) is 16.6 Å². The Balaban J connectivity index is 1.19. The molecule has 0 aliphatic carbocycles. The number of benzene rings is 4. The maximum atomic E-state index is 13.7. The van der Waals surface area contributed by atoms with Crippen LogP contribution in [0.15, 0.2) is 95.9 Å². The van der Waals surface area contributed by atoms with Gasteiger partial charge in [-0.3, -0.25) is 14.8 Å². The molecule has 0 amide bonds. The van der Waals surface area contributed by atoms with Gasteiger partial charge in [0.2, 0.25) is 5.82 Å². The van der Waals surface area contributed by atoms with Gasteiger partial charge in [-0.1, -0.05) is 35.9 Å². The number of aromatic carboxylic acids is 1. The van der Waals surface area contributed by atoms with Crippen molar-refractivity contribution in [2.24, 2.45) is 0 Å². The molecule has 0 spiro atoms. The zero-order valence-electron chi connectivity index (χ0n) is 27.1. The number of carboxylic acid groups (broad SMARTS) is 1. The van der Waals surface area contributed by atoms with Crippen molar-refractivity contribution in [2.45, 2.75) is 25.3 Å². The van der Waals surface area contributed by atoms with E-state index in [0.717, 1.165) is 40.3 Å². The first-order valence-electron chi connectivity index (χ1n) is 15.8. The molecule has 1 aliphatic rings. The van der Waals surface area contributed by atoms with E-state index in [1.165, 1.54) is 0 Å². The normalized spacial score (nSPS) is 13.4. The van der Waals surface area contributed by atoms with Crippen LogP contribution in [0.4, 0.5) is 27.1 Å². The third-order valence-electron chi connectivity index (χ3n) is 8.86. The van der Waals surface area contributed by atoms with Gasteiger partial charge in [-0.05, 0) is 85.6 Å². The van der Waals surface area contributed by atoms with Crippen LogP contribution in [0.25, 0.3) is 22.4 Å². The number of anilines is 3. The molecule has 5 aromatic rings. The predicted molar refractivity (Wildman–Crippen MR) is 192 cm³/mol. The van der Waals surface area contributed by atoms with Crippen LogP contribution in [-0.4, -0.2) is 55.2 Å². The highest BCUT2D eigenvalue weighted by Crippen LogP contribution is 2.41. The Kier molecular flexibility index (Phi) is 9.54. The quantitative estimate of drug-likeness (QED) is 0.111. The first-order chi connectivity index (χ1) is 23.9. The molecule has 0 saturated carbocycles. The molecule has 2 heterocycles. The largest absolute Gasteiger partial charge is 0.478 e. The summed E-state index contributed by atoms with van der Waals surface area (Å²) >= 11 is 6.18. The van der Waals surface area contributed by atoms with Gasteiger partial charge in [-0.25, -0.2) is 13.2 Å². The Hall–Kier alpha value is -5.40. The molecule has 1 aliphatic heterocycles. The second-order valence-corrected chi connectivity index (χ2v) is 13.9. The van der Waals surface area contributed by atoms with Crippen LogP contribution in [0.1, 0.15) is 23.0 Å². The van der Waals surface area contributed by atoms with Crippen molar-refractivity contribution in [3.8, 4) is 22.4 Å². The molecular weight excluding hydrogens is 685 g/mol. The van der Waals surface area contributed by atoms with Crippen LogP contribution in [0, 0.1) is 22.9 Å². The predicted octanol–water partition coefficient (Wildman–Crippen LogP) is 7.68. The van der Waals surface area contributed by atoms with Gasteiger partial charge < -0.3 is 19.5 Å². The fraction of sp³-hybridized carbons (Fsp3) is 0.194. The first-order valence-corrected chi connectivity index (χ1v) is 17.6. The standard InChI is InChI=1S/C36H33ClFN5O6S/c1-3-42-23(2)33(36(44)45)34(35(42)24-7-9-26(37)10-8-24)25-5-4-6-29(21-25)41-19-17-40(18-20-41)28-13-11-27(12-14-28)39-50(48,49)30-15-16-31(38)32(22-30)43(46)47/h4-16,21-22,39H,3,17-20H2,1-2H3,(H,44,45). The number of nitrogens with zero attached hydrogens (tertiary/aromatic N) is 4. The van der Waals surface area contributed by atoms with Crippen LogP contribution in [0.3, 0.4) is 0 Å². The minimum atomic E-state index is -4.20. The minimum absolute atomic E-state index is 0.252. The molecule has 258 valence electrons. The van der Waals surface area contributed by atoms with Crippen molar-refractivity contribution < 1.29 is 27.6 Å². The van der Waals surface area contributed by atoms with E-state index in [1.54, 1.807) is 36.4 Å². The Labute approximate surface area is 293 Å². The lowest BCUT2D eigenvalue weighted by molar-refractivity contribution is -0.387. The number of nitro groups is 1. The summed E-state index contributed by atoms with van der Waals surface area (Å²) in [5, 5.41) is 22.0. The van der Waals surface area contributed by atoms with Gasteiger partial charge in [-0.15, -0.1) is 0 Å². The number of nitro benzene ring substituents is 1. The van der Waals surface area contributed by atoms with Crippen molar-refractivity contribution in [1.29, 1.82) is 0 Å². The number of hydrogen-bond donors (Lipinski definition) is 2. The zero-order chi connectivity index (χ0) is 35.7. The minimum Gasteiger partial charge on any atom is -0.478 e. The third-order valence-corrected chi connectivity index (χ3v) is 10.5. The summed E-state index contributed by atoms with van der Waals surface area (Å²) < 4.78 is 43.8. The molecule has 0 bridgehead atoms. The lowest BCUT2D eigenvalue weighted by atomic mass is 9.96. The molecule has 2 N–H and O–H groups in total. The van der Waals surface area contributed by atoms with Crippen molar-refractivity contribution in [2.75, 3.05) is 40.7 Å². The van der Waals surface area contributed by atoms with Crippen LogP contribution in [0.2, 0.25) is 5.02 Å². The van der Waals surface area contributed by atoms with E-state index in [2.05, 4.69) is 14.5 Å². The third kappa shape index (κ3) is 6.74. The Morgan fingerprint density at radius 1 is 0.920 bits per heavy atom. The molecule has 14 heteroatoms. The summed E-state index contributed by atoms with van der Waals surface area (Å²) in [6, 6.07) is 24.5. The lowest BCUT2D eigenvalue weighted by Gasteiger charge is -2.37. The number of nitrogens with one attached hydrogen (secondary N) is 1. The molecule has 0 atom stereocenters. The highest BCUT2D eigenvalue weighted by molar-refractivity contribution is 7.92.